The molecule has 2 fully saturated rings. The van der Waals surface area contributed by atoms with Crippen LogP contribution in [0.15, 0.2) is 0 Å². The molecule has 0 aromatic rings. The van der Waals surface area contributed by atoms with E-state index in [0.717, 1.165) is 55.8 Å². The van der Waals surface area contributed by atoms with Gasteiger partial charge in [0.05, 0.1) is 18.8 Å². The summed E-state index contributed by atoms with van der Waals surface area (Å²) in [6.07, 6.45) is 16.0. The highest BCUT2D eigenvalue weighted by molar-refractivity contribution is 14.1. The molecular weight excluding hydrogens is 511 g/mol. The van der Waals surface area contributed by atoms with Crippen molar-refractivity contribution in [1.82, 2.24) is 0 Å². The maximum atomic E-state index is 5.97. The number of hydrogen-bond acceptors (Lipinski definition) is 6. The van der Waals surface area contributed by atoms with Crippen LogP contribution in [0.2, 0.25) is 0 Å². The van der Waals surface area contributed by atoms with Crippen molar-refractivity contribution in [2.24, 2.45) is 0 Å². The molecule has 1 aliphatic carbocycles. The molecule has 1 saturated heterocycles. The first-order chi connectivity index (χ1) is 14.9. The maximum absolute atomic E-state index is 5.97. The minimum Gasteiger partial charge on any atom is -0.234 e. The van der Waals surface area contributed by atoms with Crippen LogP contribution in [0.4, 0.5) is 0 Å². The molecule has 1 unspecified atom stereocenters. The van der Waals surface area contributed by atoms with Crippen molar-refractivity contribution < 1.29 is 29.3 Å². The SMILES string of the molecule is CC1(C)CCCOOC2(CCCCCCCCCCC2)OOCCCC(C)(CI)OO1. The summed E-state index contributed by atoms with van der Waals surface area (Å²) < 4.78 is 0.845. The molecule has 31 heavy (non-hydrogen) atoms. The minimum atomic E-state index is -0.811. The minimum absolute atomic E-state index is 0.348. The van der Waals surface area contributed by atoms with Crippen LogP contribution in [0.1, 0.15) is 117 Å². The highest BCUT2D eigenvalue weighted by Gasteiger charge is 2.36. The molecule has 1 saturated carbocycles. The molecule has 1 atom stereocenters. The van der Waals surface area contributed by atoms with Gasteiger partial charge in [-0.3, -0.25) is 0 Å². The fourth-order valence-electron chi connectivity index (χ4n) is 4.08. The summed E-state index contributed by atoms with van der Waals surface area (Å²) in [6, 6.07) is 0. The Morgan fingerprint density at radius 1 is 0.548 bits per heavy atom. The first-order valence-electron chi connectivity index (χ1n) is 12.4. The van der Waals surface area contributed by atoms with Gasteiger partial charge in [-0.05, 0) is 59.3 Å². The van der Waals surface area contributed by atoms with Gasteiger partial charge in [-0.2, -0.15) is 9.78 Å². The number of halogens is 1. The van der Waals surface area contributed by atoms with E-state index in [1.807, 2.05) is 0 Å². The number of rotatable bonds is 1. The zero-order chi connectivity index (χ0) is 22.5. The Bertz CT molecular complexity index is 463. The quantitative estimate of drug-likeness (QED) is 0.191. The predicted octanol–water partition coefficient (Wildman–Crippen LogP) is 7.38. The third kappa shape index (κ3) is 11.5. The molecule has 0 N–H and O–H groups in total. The van der Waals surface area contributed by atoms with Gasteiger partial charge in [0, 0.05) is 17.3 Å². The predicted molar refractivity (Wildman–Crippen MR) is 130 cm³/mol. The third-order valence-corrected chi connectivity index (χ3v) is 7.84. The van der Waals surface area contributed by atoms with Crippen LogP contribution in [0.5, 0.6) is 0 Å². The van der Waals surface area contributed by atoms with E-state index in [1.165, 1.54) is 44.9 Å². The Balaban J connectivity index is 2.02. The fraction of sp³-hybridized carbons (Fsp3) is 1.00. The van der Waals surface area contributed by atoms with E-state index in [9.17, 15) is 0 Å². The van der Waals surface area contributed by atoms with Gasteiger partial charge in [-0.15, -0.1) is 0 Å². The van der Waals surface area contributed by atoms with E-state index in [2.05, 4.69) is 43.4 Å². The van der Waals surface area contributed by atoms with Crippen molar-refractivity contribution in [3.05, 3.63) is 0 Å². The Kier molecular flexibility index (Phi) is 13.1. The van der Waals surface area contributed by atoms with Gasteiger partial charge in [0.15, 0.2) is 0 Å². The van der Waals surface area contributed by atoms with Crippen molar-refractivity contribution in [3.63, 3.8) is 0 Å². The molecule has 1 spiro atoms. The van der Waals surface area contributed by atoms with Crippen LogP contribution in [0, 0.1) is 0 Å². The van der Waals surface area contributed by atoms with E-state index in [1.54, 1.807) is 0 Å². The van der Waals surface area contributed by atoms with E-state index >= 15 is 0 Å². The summed E-state index contributed by atoms with van der Waals surface area (Å²) in [7, 11) is 0. The van der Waals surface area contributed by atoms with Crippen LogP contribution in [-0.4, -0.2) is 34.6 Å². The van der Waals surface area contributed by atoms with Gasteiger partial charge in [0.2, 0.25) is 5.79 Å². The highest BCUT2D eigenvalue weighted by atomic mass is 127. The monoisotopic (exact) mass is 556 g/mol. The summed E-state index contributed by atoms with van der Waals surface area (Å²) >= 11 is 2.36. The van der Waals surface area contributed by atoms with Crippen molar-refractivity contribution in [2.45, 2.75) is 134 Å². The van der Waals surface area contributed by atoms with Gasteiger partial charge in [-0.1, -0.05) is 67.5 Å². The first kappa shape index (κ1) is 27.7. The molecule has 0 aromatic heterocycles. The van der Waals surface area contributed by atoms with Crippen LogP contribution in [0.25, 0.3) is 0 Å². The maximum Gasteiger partial charge on any atom is 0.233 e. The van der Waals surface area contributed by atoms with E-state index in [4.69, 9.17) is 29.3 Å². The van der Waals surface area contributed by atoms with Gasteiger partial charge in [-0.25, -0.2) is 19.6 Å². The standard InChI is InChI=1S/C24H45IO6/c1-22(2)15-13-19-26-30-24(17-11-9-7-5-4-6-8-10-12-18-24)31-27-20-14-16-23(3,21-25)29-28-22/h4-21H2,1-3H3. The molecule has 2 aliphatic rings. The second-order valence-electron chi connectivity index (χ2n) is 10.1. The Hall–Kier alpha value is 0.490. The molecule has 7 heteroatoms. The highest BCUT2D eigenvalue weighted by Crippen LogP contribution is 2.32. The van der Waals surface area contributed by atoms with E-state index < -0.39 is 5.79 Å². The van der Waals surface area contributed by atoms with Crippen molar-refractivity contribution in [3.8, 4) is 0 Å². The first-order valence-corrected chi connectivity index (χ1v) is 14.0. The Labute approximate surface area is 203 Å². The fourth-order valence-corrected chi connectivity index (χ4v) is 4.59. The zero-order valence-electron chi connectivity index (χ0n) is 20.1. The third-order valence-electron chi connectivity index (χ3n) is 6.23. The van der Waals surface area contributed by atoms with Crippen molar-refractivity contribution in [1.29, 1.82) is 0 Å². The van der Waals surface area contributed by atoms with Crippen LogP contribution in [-0.2, 0) is 29.3 Å². The lowest BCUT2D eigenvalue weighted by Gasteiger charge is -2.32. The molecule has 0 aromatic carbocycles. The lowest BCUT2D eigenvalue weighted by atomic mass is 9.97. The molecule has 1 aliphatic heterocycles. The summed E-state index contributed by atoms with van der Waals surface area (Å²) in [5.41, 5.74) is -0.728. The topological polar surface area (TPSA) is 55.4 Å². The normalized spacial score (nSPS) is 31.0. The summed E-state index contributed by atoms with van der Waals surface area (Å²) in [5.74, 6) is -0.811. The summed E-state index contributed by atoms with van der Waals surface area (Å²) in [4.78, 5) is 35.0. The van der Waals surface area contributed by atoms with Gasteiger partial charge < -0.3 is 0 Å². The Morgan fingerprint density at radius 2 is 1.03 bits per heavy atom. The molecule has 0 bridgehead atoms. The van der Waals surface area contributed by atoms with E-state index in [-0.39, 0.29) is 11.2 Å². The van der Waals surface area contributed by atoms with Crippen LogP contribution >= 0.6 is 22.6 Å². The average molecular weight is 557 g/mol. The summed E-state index contributed by atoms with van der Waals surface area (Å²) in [6.45, 7) is 7.18. The average Bonchev–Trinajstić information content (AvgIpc) is 2.74. The van der Waals surface area contributed by atoms with E-state index in [0.29, 0.717) is 13.2 Å². The van der Waals surface area contributed by atoms with Crippen LogP contribution in [0.3, 0.4) is 0 Å². The van der Waals surface area contributed by atoms with Crippen LogP contribution < -0.4 is 0 Å². The molecule has 6 nitrogen and oxygen atoms in total. The second kappa shape index (κ2) is 14.7. The zero-order valence-corrected chi connectivity index (χ0v) is 22.2. The molecule has 0 radical (unpaired) electrons. The van der Waals surface area contributed by atoms with Gasteiger partial charge in [0.1, 0.15) is 5.60 Å². The molecule has 0 amide bonds. The molecule has 184 valence electrons. The molecular formula is C24H45IO6. The second-order valence-corrected chi connectivity index (χ2v) is 10.9. The largest absolute Gasteiger partial charge is 0.234 e. The van der Waals surface area contributed by atoms with Crippen molar-refractivity contribution in [2.75, 3.05) is 17.6 Å². The van der Waals surface area contributed by atoms with Crippen molar-refractivity contribution >= 4 is 22.6 Å². The smallest absolute Gasteiger partial charge is 0.233 e. The molecule has 2 rings (SSSR count). The number of hydrogen-bond donors (Lipinski definition) is 0. The lowest BCUT2D eigenvalue weighted by Crippen LogP contribution is -2.37. The lowest BCUT2D eigenvalue weighted by molar-refractivity contribution is -0.515. The summed E-state index contributed by atoms with van der Waals surface area (Å²) in [5, 5.41) is 0. The Morgan fingerprint density at radius 3 is 1.55 bits per heavy atom. The van der Waals surface area contributed by atoms with Gasteiger partial charge in [0.25, 0.3) is 0 Å². The molecule has 1 heterocycles. The number of alkyl halides is 1. The van der Waals surface area contributed by atoms with Gasteiger partial charge >= 0.3 is 0 Å².